The molecule has 1 aromatic rings. The fourth-order valence-electron chi connectivity index (χ4n) is 1.33. The summed E-state index contributed by atoms with van der Waals surface area (Å²) in [6, 6.07) is 8.07. The predicted molar refractivity (Wildman–Crippen MR) is 62.8 cm³/mol. The summed E-state index contributed by atoms with van der Waals surface area (Å²) in [5, 5.41) is 11.7. The molecule has 15 heavy (non-hydrogen) atoms. The van der Waals surface area contributed by atoms with Crippen LogP contribution in [0, 0.1) is 0 Å². The molecule has 0 aliphatic rings. The second-order valence-electron chi connectivity index (χ2n) is 3.34. The Kier molecular flexibility index (Phi) is 4.78. The minimum atomic E-state index is -0.776. The number of nitrogens with one attached hydrogen (secondary N) is 1. The van der Waals surface area contributed by atoms with Gasteiger partial charge in [-0.2, -0.15) is 0 Å². The molecule has 0 spiro atoms. The van der Waals surface area contributed by atoms with Gasteiger partial charge in [0.1, 0.15) is 0 Å². The van der Waals surface area contributed by atoms with Crippen LogP contribution < -0.4 is 5.32 Å². The Morgan fingerprint density at radius 2 is 2.20 bits per heavy atom. The number of rotatable bonds is 5. The predicted octanol–water partition coefficient (Wildman–Crippen LogP) is 2.57. The molecule has 2 N–H and O–H groups in total. The molecule has 0 saturated carbocycles. The smallest absolute Gasteiger partial charge is 0.304 e. The molecule has 3 nitrogen and oxygen atoms in total. The third-order valence-corrected chi connectivity index (χ3v) is 2.88. The van der Waals surface area contributed by atoms with Crippen molar-refractivity contribution in [3.8, 4) is 0 Å². The molecule has 0 aromatic heterocycles. The molecule has 0 amide bonds. The van der Waals surface area contributed by atoms with Gasteiger partial charge in [0.05, 0.1) is 6.42 Å². The van der Waals surface area contributed by atoms with Crippen LogP contribution in [0.2, 0.25) is 0 Å². The monoisotopic (exact) mass is 271 g/mol. The van der Waals surface area contributed by atoms with Crippen LogP contribution in [0.3, 0.4) is 0 Å². The van der Waals surface area contributed by atoms with E-state index in [9.17, 15) is 4.79 Å². The first kappa shape index (κ1) is 12.2. The highest BCUT2D eigenvalue weighted by Gasteiger charge is 2.08. The number of hydrogen-bond acceptors (Lipinski definition) is 2. The standard InChI is InChI=1S/C11H14BrNO2/c1-8(13-7-6-11(14)15)9-4-2-3-5-10(9)12/h2-5,8,13H,6-7H2,1H3,(H,14,15)/t8-/m1/s1. The number of hydrogen-bond donors (Lipinski definition) is 2. The number of halogens is 1. The zero-order valence-electron chi connectivity index (χ0n) is 8.53. The number of carboxylic acids is 1. The molecule has 0 aliphatic heterocycles. The van der Waals surface area contributed by atoms with Gasteiger partial charge < -0.3 is 10.4 Å². The molecule has 0 heterocycles. The van der Waals surface area contributed by atoms with Gasteiger partial charge in [0.2, 0.25) is 0 Å². The van der Waals surface area contributed by atoms with Crippen LogP contribution in [-0.2, 0) is 4.79 Å². The van der Waals surface area contributed by atoms with Gasteiger partial charge in [-0.05, 0) is 18.6 Å². The molecule has 1 aromatic carbocycles. The van der Waals surface area contributed by atoms with Crippen molar-refractivity contribution in [2.45, 2.75) is 19.4 Å². The quantitative estimate of drug-likeness (QED) is 0.866. The van der Waals surface area contributed by atoms with Crippen LogP contribution in [0.15, 0.2) is 28.7 Å². The van der Waals surface area contributed by atoms with Gasteiger partial charge in [-0.25, -0.2) is 0 Å². The Bertz CT molecular complexity index is 341. The van der Waals surface area contributed by atoms with E-state index in [1.807, 2.05) is 31.2 Å². The zero-order chi connectivity index (χ0) is 11.3. The van der Waals surface area contributed by atoms with E-state index in [4.69, 9.17) is 5.11 Å². The van der Waals surface area contributed by atoms with E-state index in [0.717, 1.165) is 10.0 Å². The molecular weight excluding hydrogens is 258 g/mol. The molecule has 1 atom stereocenters. The molecule has 0 unspecified atom stereocenters. The maximum absolute atomic E-state index is 10.3. The van der Waals surface area contributed by atoms with Crippen molar-refractivity contribution in [3.63, 3.8) is 0 Å². The van der Waals surface area contributed by atoms with E-state index in [-0.39, 0.29) is 12.5 Å². The van der Waals surface area contributed by atoms with E-state index in [2.05, 4.69) is 21.2 Å². The second kappa shape index (κ2) is 5.88. The Hall–Kier alpha value is -0.870. The lowest BCUT2D eigenvalue weighted by molar-refractivity contribution is -0.136. The Labute approximate surface area is 97.6 Å². The van der Waals surface area contributed by atoms with Crippen molar-refractivity contribution >= 4 is 21.9 Å². The normalized spacial score (nSPS) is 12.4. The van der Waals surface area contributed by atoms with Gasteiger partial charge in [-0.15, -0.1) is 0 Å². The lowest BCUT2D eigenvalue weighted by Gasteiger charge is -2.14. The summed E-state index contributed by atoms with van der Waals surface area (Å²) in [5.74, 6) is -0.776. The first-order valence-corrected chi connectivity index (χ1v) is 5.60. The molecule has 0 saturated heterocycles. The molecule has 0 bridgehead atoms. The lowest BCUT2D eigenvalue weighted by Crippen LogP contribution is -2.22. The van der Waals surface area contributed by atoms with Gasteiger partial charge in [0.25, 0.3) is 0 Å². The second-order valence-corrected chi connectivity index (χ2v) is 4.20. The zero-order valence-corrected chi connectivity index (χ0v) is 10.1. The first-order chi connectivity index (χ1) is 7.11. The first-order valence-electron chi connectivity index (χ1n) is 4.81. The maximum Gasteiger partial charge on any atom is 0.304 e. The third-order valence-electron chi connectivity index (χ3n) is 2.16. The van der Waals surface area contributed by atoms with Gasteiger partial charge in [-0.3, -0.25) is 4.79 Å². The van der Waals surface area contributed by atoms with E-state index < -0.39 is 5.97 Å². The maximum atomic E-state index is 10.3. The summed E-state index contributed by atoms with van der Waals surface area (Å²) in [4.78, 5) is 10.3. The highest BCUT2D eigenvalue weighted by Crippen LogP contribution is 2.22. The van der Waals surface area contributed by atoms with Gasteiger partial charge >= 0.3 is 5.97 Å². The van der Waals surface area contributed by atoms with Crippen molar-refractivity contribution in [2.24, 2.45) is 0 Å². The van der Waals surface area contributed by atoms with Gasteiger partial charge in [0, 0.05) is 17.1 Å². The van der Waals surface area contributed by atoms with Crippen LogP contribution in [0.4, 0.5) is 0 Å². The SMILES string of the molecule is C[C@@H](NCCC(=O)O)c1ccccc1Br. The molecule has 4 heteroatoms. The largest absolute Gasteiger partial charge is 0.481 e. The molecular formula is C11H14BrNO2. The van der Waals surface area contributed by atoms with Crippen molar-refractivity contribution in [3.05, 3.63) is 34.3 Å². The van der Waals surface area contributed by atoms with E-state index in [0.29, 0.717) is 6.54 Å². The fourth-order valence-corrected chi connectivity index (χ4v) is 1.96. The highest BCUT2D eigenvalue weighted by molar-refractivity contribution is 9.10. The Balaban J connectivity index is 2.50. The number of aliphatic carboxylic acids is 1. The summed E-state index contributed by atoms with van der Waals surface area (Å²) in [7, 11) is 0. The van der Waals surface area contributed by atoms with Crippen LogP contribution in [0.25, 0.3) is 0 Å². The summed E-state index contributed by atoms with van der Waals surface area (Å²) in [6.45, 7) is 2.50. The topological polar surface area (TPSA) is 49.3 Å². The fraction of sp³-hybridized carbons (Fsp3) is 0.364. The van der Waals surface area contributed by atoms with Crippen molar-refractivity contribution < 1.29 is 9.90 Å². The molecule has 0 fully saturated rings. The average Bonchev–Trinajstić information content (AvgIpc) is 2.17. The van der Waals surface area contributed by atoms with Gasteiger partial charge in [0.15, 0.2) is 0 Å². The number of carboxylic acid groups (broad SMARTS) is 1. The number of carbonyl (C=O) groups is 1. The van der Waals surface area contributed by atoms with Crippen molar-refractivity contribution in [1.82, 2.24) is 5.32 Å². The molecule has 82 valence electrons. The van der Waals surface area contributed by atoms with Crippen LogP contribution in [0.5, 0.6) is 0 Å². The van der Waals surface area contributed by atoms with Crippen molar-refractivity contribution in [1.29, 1.82) is 0 Å². The third kappa shape index (κ3) is 4.01. The lowest BCUT2D eigenvalue weighted by atomic mass is 10.1. The molecule has 0 aliphatic carbocycles. The van der Waals surface area contributed by atoms with E-state index >= 15 is 0 Å². The minimum Gasteiger partial charge on any atom is -0.481 e. The van der Waals surface area contributed by atoms with E-state index in [1.54, 1.807) is 0 Å². The number of benzene rings is 1. The van der Waals surface area contributed by atoms with Crippen LogP contribution in [-0.4, -0.2) is 17.6 Å². The van der Waals surface area contributed by atoms with Crippen LogP contribution in [0.1, 0.15) is 24.9 Å². The summed E-state index contributed by atoms with van der Waals surface area (Å²) < 4.78 is 1.04. The summed E-state index contributed by atoms with van der Waals surface area (Å²) >= 11 is 3.46. The van der Waals surface area contributed by atoms with Crippen molar-refractivity contribution in [2.75, 3.05) is 6.54 Å². The van der Waals surface area contributed by atoms with E-state index in [1.165, 1.54) is 0 Å². The summed E-state index contributed by atoms with van der Waals surface area (Å²) in [6.07, 6.45) is 0.148. The minimum absolute atomic E-state index is 0.148. The summed E-state index contributed by atoms with van der Waals surface area (Å²) in [5.41, 5.74) is 1.14. The molecule has 0 radical (unpaired) electrons. The average molecular weight is 272 g/mol. The molecule has 1 rings (SSSR count). The Morgan fingerprint density at radius 3 is 2.80 bits per heavy atom. The highest BCUT2D eigenvalue weighted by atomic mass is 79.9. The van der Waals surface area contributed by atoms with Crippen LogP contribution >= 0.6 is 15.9 Å². The Morgan fingerprint density at radius 1 is 1.53 bits per heavy atom. The van der Waals surface area contributed by atoms with Gasteiger partial charge in [-0.1, -0.05) is 34.1 Å².